The highest BCUT2D eigenvalue weighted by Gasteiger charge is 2.58. The molecule has 0 aromatic heterocycles. The van der Waals surface area contributed by atoms with Gasteiger partial charge in [0, 0.05) is 12.2 Å². The monoisotopic (exact) mass is 544 g/mol. The molecule has 2 saturated heterocycles. The number of amidine groups is 1. The number of rotatable bonds is 5. The van der Waals surface area contributed by atoms with E-state index in [-0.39, 0.29) is 59.6 Å². The van der Waals surface area contributed by atoms with E-state index < -0.39 is 10.0 Å². The molecule has 0 aliphatic carbocycles. The summed E-state index contributed by atoms with van der Waals surface area (Å²) in [7, 11) is -3.43. The molecule has 1 amide bonds. The summed E-state index contributed by atoms with van der Waals surface area (Å²) in [6.07, 6.45) is 2.33. The van der Waals surface area contributed by atoms with Gasteiger partial charge < -0.3 is 19.5 Å². The number of aliphatic imine (C=N–C) groups is 1. The Balaban J connectivity index is 1.37. The highest BCUT2D eigenvalue weighted by Crippen LogP contribution is 2.49. The van der Waals surface area contributed by atoms with Crippen molar-refractivity contribution in [2.45, 2.75) is 49.5 Å². The fraction of sp³-hybridized carbons (Fsp3) is 0.360. The number of sulfonamides is 1. The molecular weight excluding hydrogens is 519 g/mol. The van der Waals surface area contributed by atoms with Crippen molar-refractivity contribution in [2.75, 3.05) is 11.0 Å². The Morgan fingerprint density at radius 3 is 2.78 bits per heavy atom. The highest BCUT2D eigenvalue weighted by molar-refractivity contribution is 7.98. The molecule has 4 heterocycles. The van der Waals surface area contributed by atoms with Crippen LogP contribution in [0.5, 0.6) is 0 Å². The van der Waals surface area contributed by atoms with E-state index in [0.29, 0.717) is 21.8 Å². The van der Waals surface area contributed by atoms with Gasteiger partial charge >= 0.3 is 0 Å². The smallest absolute Gasteiger partial charge is 0.261 e. The SMILES string of the molecule is Cc1cc(CN2C(=O)C(C3=Nc4ccc(NS(C)(=O)=O)cc4SN3)=C(O)[C@@H]3C4CCC(O4)[C@@H]32)ccc1F. The molecule has 0 radical (unpaired) electrons. The predicted molar refractivity (Wildman–Crippen MR) is 138 cm³/mol. The van der Waals surface area contributed by atoms with Crippen LogP contribution in [0.3, 0.4) is 0 Å². The molecule has 9 nitrogen and oxygen atoms in total. The van der Waals surface area contributed by atoms with E-state index in [2.05, 4.69) is 14.4 Å². The van der Waals surface area contributed by atoms with Gasteiger partial charge in [0.2, 0.25) is 10.0 Å². The van der Waals surface area contributed by atoms with Gasteiger partial charge in [-0.1, -0.05) is 12.1 Å². The van der Waals surface area contributed by atoms with Crippen LogP contribution in [-0.4, -0.2) is 54.7 Å². The van der Waals surface area contributed by atoms with Gasteiger partial charge in [0.25, 0.3) is 5.91 Å². The number of aliphatic hydroxyl groups is 1. The molecular formula is C25H25FN4O5S2. The number of amides is 1. The molecule has 2 bridgehead atoms. The summed E-state index contributed by atoms with van der Waals surface area (Å²) in [6.45, 7) is 1.94. The van der Waals surface area contributed by atoms with E-state index in [1.807, 2.05) is 0 Å². The summed E-state index contributed by atoms with van der Waals surface area (Å²) >= 11 is 1.18. The highest BCUT2D eigenvalue weighted by atomic mass is 32.2. The van der Waals surface area contributed by atoms with Crippen molar-refractivity contribution in [2.24, 2.45) is 10.9 Å². The Bertz CT molecular complexity index is 1490. The summed E-state index contributed by atoms with van der Waals surface area (Å²) < 4.78 is 48.6. The van der Waals surface area contributed by atoms with Crippen molar-refractivity contribution in [3.8, 4) is 0 Å². The standard InChI is InChI=1S/C25H25FN4O5S2/c1-12-9-13(3-5-15(12)26)11-30-22-18-8-7-17(35-18)20(22)23(31)21(25(30)32)24-27-16-6-4-14(29-37(2,33)34)10-19(16)36-28-24/h3-6,9-10,17-18,20,22,29,31H,7-8,11H2,1-2H3,(H,27,28)/t17?,18?,20-,22+/m1/s1. The van der Waals surface area contributed by atoms with Gasteiger partial charge in [-0.05, 0) is 67.1 Å². The van der Waals surface area contributed by atoms with Crippen molar-refractivity contribution in [3.05, 3.63) is 64.7 Å². The average molecular weight is 545 g/mol. The third-order valence-electron chi connectivity index (χ3n) is 7.21. The fourth-order valence-electron chi connectivity index (χ4n) is 5.66. The second-order valence-corrected chi connectivity index (χ2v) is 12.4. The lowest BCUT2D eigenvalue weighted by atomic mass is 9.78. The largest absolute Gasteiger partial charge is 0.511 e. The second-order valence-electron chi connectivity index (χ2n) is 9.80. The van der Waals surface area contributed by atoms with Crippen LogP contribution in [0, 0.1) is 18.7 Å². The molecule has 3 N–H and O–H groups in total. The number of anilines is 1. The molecule has 0 spiro atoms. The Morgan fingerprint density at radius 1 is 1.24 bits per heavy atom. The molecule has 2 fully saturated rings. The topological polar surface area (TPSA) is 120 Å². The van der Waals surface area contributed by atoms with Crippen LogP contribution in [0.2, 0.25) is 0 Å². The molecule has 4 atom stereocenters. The summed E-state index contributed by atoms with van der Waals surface area (Å²) in [6, 6.07) is 9.38. The molecule has 2 aromatic carbocycles. The Labute approximate surface area is 218 Å². The quantitative estimate of drug-likeness (QED) is 0.493. The second kappa shape index (κ2) is 8.74. The normalized spacial score (nSPS) is 26.5. The lowest BCUT2D eigenvalue weighted by Crippen LogP contribution is -2.55. The Morgan fingerprint density at radius 2 is 2.03 bits per heavy atom. The summed E-state index contributed by atoms with van der Waals surface area (Å²) in [5.74, 6) is -0.850. The first-order valence-electron chi connectivity index (χ1n) is 11.9. The van der Waals surface area contributed by atoms with Crippen molar-refractivity contribution >= 4 is 45.1 Å². The zero-order chi connectivity index (χ0) is 26.1. The first-order valence-corrected chi connectivity index (χ1v) is 14.6. The van der Waals surface area contributed by atoms with Crippen LogP contribution < -0.4 is 9.44 Å². The number of carbonyl (C=O) groups excluding carboxylic acids is 1. The summed E-state index contributed by atoms with van der Waals surface area (Å²) in [5, 5.41) is 11.4. The first-order chi connectivity index (χ1) is 17.6. The molecule has 6 rings (SSSR count). The molecule has 194 valence electrons. The van der Waals surface area contributed by atoms with E-state index >= 15 is 0 Å². The van der Waals surface area contributed by atoms with E-state index in [0.717, 1.165) is 24.7 Å². The van der Waals surface area contributed by atoms with Gasteiger partial charge in [-0.2, -0.15) is 0 Å². The average Bonchev–Trinajstić information content (AvgIpc) is 3.45. The van der Waals surface area contributed by atoms with E-state index in [9.17, 15) is 22.7 Å². The van der Waals surface area contributed by atoms with Gasteiger partial charge in [0.05, 0.1) is 41.0 Å². The third-order valence-corrected chi connectivity index (χ3v) is 8.66. The van der Waals surface area contributed by atoms with Gasteiger partial charge in [-0.15, -0.1) is 0 Å². The Kier molecular flexibility index (Phi) is 5.73. The minimum atomic E-state index is -3.43. The molecule has 0 saturated carbocycles. The molecule has 4 aliphatic heterocycles. The van der Waals surface area contributed by atoms with Crippen LogP contribution in [0.1, 0.15) is 24.0 Å². The maximum absolute atomic E-state index is 13.9. The van der Waals surface area contributed by atoms with Crippen molar-refractivity contribution in [1.29, 1.82) is 0 Å². The van der Waals surface area contributed by atoms with E-state index in [4.69, 9.17) is 4.74 Å². The molecule has 37 heavy (non-hydrogen) atoms. The maximum atomic E-state index is 13.9. The maximum Gasteiger partial charge on any atom is 0.261 e. The van der Waals surface area contributed by atoms with Crippen LogP contribution in [0.25, 0.3) is 0 Å². The van der Waals surface area contributed by atoms with Crippen LogP contribution >= 0.6 is 11.9 Å². The zero-order valence-electron chi connectivity index (χ0n) is 20.1. The van der Waals surface area contributed by atoms with Crippen LogP contribution in [0.15, 0.2) is 57.6 Å². The number of nitrogens with one attached hydrogen (secondary N) is 2. The number of aliphatic hydroxyl groups excluding tert-OH is 1. The van der Waals surface area contributed by atoms with Gasteiger partial charge in [-0.3, -0.25) is 9.52 Å². The summed E-state index contributed by atoms with van der Waals surface area (Å²) in [4.78, 5) is 20.9. The van der Waals surface area contributed by atoms with Gasteiger partial charge in [0.1, 0.15) is 17.1 Å². The number of hydrogen-bond donors (Lipinski definition) is 3. The van der Waals surface area contributed by atoms with Crippen molar-refractivity contribution in [1.82, 2.24) is 9.62 Å². The lowest BCUT2D eigenvalue weighted by molar-refractivity contribution is -0.133. The van der Waals surface area contributed by atoms with E-state index in [1.54, 1.807) is 42.2 Å². The van der Waals surface area contributed by atoms with E-state index in [1.165, 1.54) is 18.0 Å². The third kappa shape index (κ3) is 4.26. The van der Waals surface area contributed by atoms with Crippen molar-refractivity contribution in [3.63, 3.8) is 0 Å². The number of carbonyl (C=O) groups is 1. The lowest BCUT2D eigenvalue weighted by Gasteiger charge is -2.42. The number of benzene rings is 2. The zero-order valence-corrected chi connectivity index (χ0v) is 21.7. The number of halogens is 1. The number of hydrogen-bond acceptors (Lipinski definition) is 8. The molecule has 12 heteroatoms. The van der Waals surface area contributed by atoms with Gasteiger partial charge in [0.15, 0.2) is 5.84 Å². The summed E-state index contributed by atoms with van der Waals surface area (Å²) in [5.41, 5.74) is 2.31. The number of fused-ring (bicyclic) bond motifs is 6. The number of nitrogens with zero attached hydrogens (tertiary/aromatic N) is 2. The molecule has 2 unspecified atom stereocenters. The van der Waals surface area contributed by atoms with Gasteiger partial charge in [-0.25, -0.2) is 17.8 Å². The number of aryl methyl sites for hydroxylation is 1. The van der Waals surface area contributed by atoms with Crippen molar-refractivity contribution < 1.29 is 27.4 Å². The Hall–Kier alpha value is -3.09. The molecule has 4 aliphatic rings. The van der Waals surface area contributed by atoms with Crippen LogP contribution in [0.4, 0.5) is 15.8 Å². The molecule has 2 aromatic rings. The van der Waals surface area contributed by atoms with Crippen LogP contribution in [-0.2, 0) is 26.1 Å². The fourth-order valence-corrected chi connectivity index (χ4v) is 6.98. The minimum absolute atomic E-state index is 0.0283. The number of ether oxygens (including phenoxy) is 1. The minimum Gasteiger partial charge on any atom is -0.511 e. The predicted octanol–water partition coefficient (Wildman–Crippen LogP) is 3.55. The first kappa shape index (κ1) is 24.3.